The van der Waals surface area contributed by atoms with Gasteiger partial charge in [-0.05, 0) is 74.9 Å². The van der Waals surface area contributed by atoms with Gasteiger partial charge in [-0.3, -0.25) is 4.90 Å². The Hall–Kier alpha value is -2.38. The van der Waals surface area contributed by atoms with Gasteiger partial charge in [0.1, 0.15) is 5.75 Å². The first kappa shape index (κ1) is 25.3. The molecule has 0 bridgehead atoms. The molecule has 0 saturated heterocycles. The number of hydrogen-bond acceptors (Lipinski definition) is 5. The van der Waals surface area contributed by atoms with Crippen LogP contribution >= 0.6 is 22.9 Å². The highest BCUT2D eigenvalue weighted by Crippen LogP contribution is 2.34. The number of H-pyrrole nitrogens is 1. The molecule has 0 fully saturated rings. The monoisotopic (exact) mass is 523 g/mol. The summed E-state index contributed by atoms with van der Waals surface area (Å²) in [4.78, 5) is 10.6. The number of aryl methyl sites for hydroxylation is 1. The zero-order chi connectivity index (χ0) is 24.7. The predicted molar refractivity (Wildman–Crippen MR) is 151 cm³/mol. The van der Waals surface area contributed by atoms with E-state index in [1.807, 2.05) is 25.1 Å². The van der Waals surface area contributed by atoms with E-state index in [9.17, 15) is 0 Å². The Kier molecular flexibility index (Phi) is 8.59. The number of aromatic nitrogens is 2. The van der Waals surface area contributed by atoms with E-state index in [1.165, 1.54) is 15.6 Å². The van der Waals surface area contributed by atoms with Crippen LogP contribution in [0, 0.1) is 6.92 Å². The van der Waals surface area contributed by atoms with Crippen LogP contribution in [0.25, 0.3) is 21.1 Å². The number of unbranched alkanes of at least 4 members (excludes halogenated alkanes) is 1. The number of ether oxygens (including phenoxy) is 2. The first-order valence-electron chi connectivity index (χ1n) is 12.9. The van der Waals surface area contributed by atoms with Crippen molar-refractivity contribution in [3.63, 3.8) is 0 Å². The molecule has 1 aliphatic rings. The van der Waals surface area contributed by atoms with Gasteiger partial charge in [0.05, 0.1) is 21.8 Å². The number of nitrogens with one attached hydrogen (secondary N) is 1. The van der Waals surface area contributed by atoms with Crippen molar-refractivity contribution in [3.05, 3.63) is 70.3 Å². The summed E-state index contributed by atoms with van der Waals surface area (Å²) in [5, 5.41) is 3.10. The Bertz CT molecular complexity index is 1310. The van der Waals surface area contributed by atoms with Crippen molar-refractivity contribution in [3.8, 4) is 5.75 Å². The molecule has 0 radical (unpaired) electrons. The molecule has 4 aromatic rings. The van der Waals surface area contributed by atoms with E-state index in [0.29, 0.717) is 12.6 Å². The topological polar surface area (TPSA) is 50.4 Å². The van der Waals surface area contributed by atoms with Crippen LogP contribution in [0.2, 0.25) is 5.02 Å². The Morgan fingerprint density at radius 2 is 1.97 bits per heavy atom. The highest BCUT2D eigenvalue weighted by Gasteiger charge is 2.23. The summed E-state index contributed by atoms with van der Waals surface area (Å²) < 4.78 is 13.1. The second-order valence-corrected chi connectivity index (χ2v) is 11.0. The number of aromatic amines is 1. The molecule has 36 heavy (non-hydrogen) atoms. The highest BCUT2D eigenvalue weighted by molar-refractivity contribution is 7.18. The van der Waals surface area contributed by atoms with Crippen molar-refractivity contribution in [1.82, 2.24) is 14.9 Å². The molecule has 5 nitrogen and oxygen atoms in total. The molecular weight excluding hydrogens is 490 g/mol. The van der Waals surface area contributed by atoms with Crippen LogP contribution in [-0.4, -0.2) is 47.8 Å². The largest absolute Gasteiger partial charge is 0.494 e. The lowest BCUT2D eigenvalue weighted by Crippen LogP contribution is -2.32. The molecule has 0 spiro atoms. The average molecular weight is 524 g/mol. The van der Waals surface area contributed by atoms with Gasteiger partial charge < -0.3 is 14.5 Å². The smallest absolute Gasteiger partial charge is 0.121 e. The fourth-order valence-corrected chi connectivity index (χ4v) is 5.94. The normalized spacial score (nSPS) is 15.2. The maximum absolute atomic E-state index is 6.32. The molecule has 2 aromatic carbocycles. The Labute approximate surface area is 222 Å². The molecule has 0 saturated carbocycles. The average Bonchev–Trinajstić information content (AvgIpc) is 3.47. The molecule has 1 aliphatic heterocycles. The summed E-state index contributed by atoms with van der Waals surface area (Å²) in [5.74, 6) is 0.894. The molecule has 0 amide bonds. The van der Waals surface area contributed by atoms with Crippen LogP contribution < -0.4 is 4.74 Å². The molecule has 5 rings (SSSR count). The SMILES string of the molecule is Cc1nc2cc(OCCCCOCCCC(c3c[nH]c4ccc(Cl)cc34)N3CC=CCC3)ccc2s1. The van der Waals surface area contributed by atoms with Crippen LogP contribution in [0.4, 0.5) is 0 Å². The number of halogens is 1. The minimum absolute atomic E-state index is 0.359. The van der Waals surface area contributed by atoms with E-state index < -0.39 is 0 Å². The van der Waals surface area contributed by atoms with Gasteiger partial charge in [0.25, 0.3) is 0 Å². The molecule has 190 valence electrons. The van der Waals surface area contributed by atoms with Crippen LogP contribution in [0.15, 0.2) is 54.7 Å². The minimum Gasteiger partial charge on any atom is -0.494 e. The molecule has 3 heterocycles. The number of fused-ring (bicyclic) bond motifs is 2. The summed E-state index contributed by atoms with van der Waals surface area (Å²) in [7, 11) is 0. The molecular formula is C29H34ClN3O2S. The van der Waals surface area contributed by atoms with Crippen molar-refractivity contribution in [2.45, 2.75) is 45.1 Å². The third-order valence-electron chi connectivity index (χ3n) is 6.75. The van der Waals surface area contributed by atoms with E-state index in [4.69, 9.17) is 21.1 Å². The zero-order valence-corrected chi connectivity index (χ0v) is 22.4. The van der Waals surface area contributed by atoms with Crippen LogP contribution in [0.1, 0.15) is 48.7 Å². The number of hydrogen-bond donors (Lipinski definition) is 1. The van der Waals surface area contributed by atoms with E-state index in [0.717, 1.165) is 85.2 Å². The number of rotatable bonds is 12. The summed E-state index contributed by atoms with van der Waals surface area (Å²) >= 11 is 8.04. The van der Waals surface area contributed by atoms with Crippen molar-refractivity contribution in [1.29, 1.82) is 0 Å². The van der Waals surface area contributed by atoms with Crippen molar-refractivity contribution >= 4 is 44.1 Å². The Morgan fingerprint density at radius 3 is 2.86 bits per heavy atom. The summed E-state index contributed by atoms with van der Waals surface area (Å²) in [6.07, 6.45) is 11.9. The lowest BCUT2D eigenvalue weighted by Gasteiger charge is -2.32. The quantitative estimate of drug-likeness (QED) is 0.153. The fourth-order valence-electron chi connectivity index (χ4n) is 4.96. The second kappa shape index (κ2) is 12.2. The maximum Gasteiger partial charge on any atom is 0.121 e. The van der Waals surface area contributed by atoms with Crippen LogP contribution in [0.3, 0.4) is 0 Å². The highest BCUT2D eigenvalue weighted by atomic mass is 35.5. The molecule has 1 unspecified atom stereocenters. The first-order valence-corrected chi connectivity index (χ1v) is 14.1. The summed E-state index contributed by atoms with van der Waals surface area (Å²) in [6.45, 7) is 6.37. The van der Waals surface area contributed by atoms with Gasteiger partial charge >= 0.3 is 0 Å². The van der Waals surface area contributed by atoms with Gasteiger partial charge in [0.15, 0.2) is 0 Å². The van der Waals surface area contributed by atoms with Gasteiger partial charge in [0.2, 0.25) is 0 Å². The standard InChI is InChI=1S/C29H34ClN3O2S/c1-21-32-27-19-23(10-12-29(27)36-21)35-17-6-5-15-34-16-7-8-28(33-13-3-2-4-14-33)25-20-31-26-11-9-22(30)18-24(25)26/h2-3,9-12,18-20,28,31H,4-8,13-17H2,1H3. The van der Waals surface area contributed by atoms with Gasteiger partial charge in [-0.25, -0.2) is 4.98 Å². The zero-order valence-electron chi connectivity index (χ0n) is 20.8. The van der Waals surface area contributed by atoms with Crippen molar-refractivity contribution in [2.24, 2.45) is 0 Å². The lowest BCUT2D eigenvalue weighted by atomic mass is 9.98. The Morgan fingerprint density at radius 1 is 1.08 bits per heavy atom. The lowest BCUT2D eigenvalue weighted by molar-refractivity contribution is 0.112. The van der Waals surface area contributed by atoms with Gasteiger partial charge in [-0.2, -0.15) is 0 Å². The molecule has 7 heteroatoms. The van der Waals surface area contributed by atoms with Gasteiger partial charge in [0, 0.05) is 60.5 Å². The van der Waals surface area contributed by atoms with Crippen LogP contribution in [-0.2, 0) is 4.74 Å². The summed E-state index contributed by atoms with van der Waals surface area (Å²) in [5.41, 5.74) is 3.51. The minimum atomic E-state index is 0.359. The third kappa shape index (κ3) is 6.30. The van der Waals surface area contributed by atoms with Gasteiger partial charge in [-0.15, -0.1) is 11.3 Å². The van der Waals surface area contributed by atoms with E-state index in [2.05, 4.69) is 51.4 Å². The van der Waals surface area contributed by atoms with Crippen LogP contribution in [0.5, 0.6) is 5.75 Å². The van der Waals surface area contributed by atoms with E-state index >= 15 is 0 Å². The first-order chi connectivity index (χ1) is 17.7. The van der Waals surface area contributed by atoms with Gasteiger partial charge in [-0.1, -0.05) is 23.8 Å². The third-order valence-corrected chi connectivity index (χ3v) is 7.94. The molecule has 2 aromatic heterocycles. The van der Waals surface area contributed by atoms with E-state index in [1.54, 1.807) is 11.3 Å². The fraction of sp³-hybridized carbons (Fsp3) is 0.414. The molecule has 1 atom stereocenters. The predicted octanol–water partition coefficient (Wildman–Crippen LogP) is 7.70. The number of nitrogens with zero attached hydrogens (tertiary/aromatic N) is 2. The second-order valence-electron chi connectivity index (χ2n) is 9.38. The summed E-state index contributed by atoms with van der Waals surface area (Å²) in [6, 6.07) is 12.6. The maximum atomic E-state index is 6.32. The van der Waals surface area contributed by atoms with Crippen molar-refractivity contribution in [2.75, 3.05) is 32.9 Å². The molecule has 1 N–H and O–H groups in total. The van der Waals surface area contributed by atoms with Crippen molar-refractivity contribution < 1.29 is 9.47 Å². The van der Waals surface area contributed by atoms with E-state index in [-0.39, 0.29) is 0 Å². The number of thiazole rings is 1. The number of benzene rings is 2. The Balaban J connectivity index is 1.05. The molecule has 0 aliphatic carbocycles.